The monoisotopic (exact) mass is 410 g/mol. The number of thiophene rings is 1. The van der Waals surface area contributed by atoms with E-state index in [0.717, 1.165) is 37.6 Å². The van der Waals surface area contributed by atoms with Gasteiger partial charge in [0, 0.05) is 32.7 Å². The van der Waals surface area contributed by atoms with E-state index in [9.17, 15) is 9.59 Å². The Hall–Kier alpha value is -1.67. The van der Waals surface area contributed by atoms with Crippen molar-refractivity contribution in [2.75, 3.05) is 32.7 Å². The third kappa shape index (κ3) is 5.65. The molecule has 0 aliphatic carbocycles. The van der Waals surface area contributed by atoms with Gasteiger partial charge in [0.05, 0.1) is 4.88 Å². The highest BCUT2D eigenvalue weighted by Crippen LogP contribution is 2.23. The van der Waals surface area contributed by atoms with Crippen LogP contribution < -0.4 is 10.6 Å². The summed E-state index contributed by atoms with van der Waals surface area (Å²) < 4.78 is 0. The Morgan fingerprint density at radius 3 is 2.48 bits per heavy atom. The van der Waals surface area contributed by atoms with Crippen molar-refractivity contribution < 1.29 is 9.59 Å². The van der Waals surface area contributed by atoms with Crippen molar-refractivity contribution in [3.8, 4) is 0 Å². The molecule has 0 radical (unpaired) electrons. The molecule has 8 heteroatoms. The second kappa shape index (κ2) is 10.6. The largest absolute Gasteiger partial charge is 0.363 e. The zero-order valence-electron chi connectivity index (χ0n) is 16.4. The van der Waals surface area contributed by atoms with Crippen LogP contribution in [0.15, 0.2) is 17.5 Å². The maximum atomic E-state index is 13.1. The number of thiocarbonyl (C=S) groups is 1. The van der Waals surface area contributed by atoms with Crippen LogP contribution in [0.2, 0.25) is 0 Å². The molecule has 150 valence electrons. The summed E-state index contributed by atoms with van der Waals surface area (Å²) in [5.74, 6) is -0.0404. The summed E-state index contributed by atoms with van der Waals surface area (Å²) in [5, 5.41) is 8.84. The first-order chi connectivity index (χ1) is 13.0. The van der Waals surface area contributed by atoms with Gasteiger partial charge in [-0.05, 0) is 63.2 Å². The summed E-state index contributed by atoms with van der Waals surface area (Å²) in [6.45, 7) is 9.65. The predicted molar refractivity (Wildman–Crippen MR) is 114 cm³/mol. The molecule has 2 amide bonds. The van der Waals surface area contributed by atoms with Crippen LogP contribution in [0.25, 0.3) is 0 Å². The van der Waals surface area contributed by atoms with Crippen molar-refractivity contribution in [3.63, 3.8) is 0 Å². The minimum absolute atomic E-state index is 0.0117. The minimum Gasteiger partial charge on any atom is -0.363 e. The number of rotatable bonds is 7. The fourth-order valence-corrected chi connectivity index (χ4v) is 4.39. The first-order valence-corrected chi connectivity index (χ1v) is 11.0. The lowest BCUT2D eigenvalue weighted by Crippen LogP contribution is -2.55. The predicted octanol–water partition coefficient (Wildman–Crippen LogP) is 2.32. The fraction of sp³-hybridized carbons (Fsp3) is 0.632. The third-order valence-corrected chi connectivity index (χ3v) is 6.27. The van der Waals surface area contributed by atoms with Gasteiger partial charge >= 0.3 is 0 Å². The van der Waals surface area contributed by atoms with Gasteiger partial charge in [-0.15, -0.1) is 11.3 Å². The average Bonchev–Trinajstić information content (AvgIpc) is 3.22. The molecule has 0 unspecified atom stereocenters. The van der Waals surface area contributed by atoms with Crippen molar-refractivity contribution in [3.05, 3.63) is 22.4 Å². The molecule has 2 heterocycles. The summed E-state index contributed by atoms with van der Waals surface area (Å²) in [4.78, 5) is 30.3. The maximum absolute atomic E-state index is 13.1. The number of nitrogens with zero attached hydrogens (tertiary/aromatic N) is 2. The molecule has 1 atom stereocenters. The Kier molecular flexibility index (Phi) is 8.50. The molecule has 1 fully saturated rings. The Balaban J connectivity index is 2.09. The van der Waals surface area contributed by atoms with Crippen molar-refractivity contribution in [1.82, 2.24) is 20.4 Å². The lowest BCUT2D eigenvalue weighted by atomic mass is 9.88. The summed E-state index contributed by atoms with van der Waals surface area (Å²) >= 11 is 6.79. The molecule has 1 aliphatic rings. The molecule has 0 saturated carbocycles. The standard InChI is InChI=1S/C19H30N4O2S2/c1-4-20-19(26)23-11-9-14(10-12-23)16(18(25)22(5-2)6-3)21-17(24)15-8-7-13-27-15/h7-8,13-14,16H,4-6,9-12H2,1-3H3,(H,20,26)(H,21,24)/t16-/m1/s1. The van der Waals surface area contributed by atoms with Crippen LogP contribution >= 0.6 is 23.6 Å². The average molecular weight is 411 g/mol. The van der Waals surface area contributed by atoms with Crippen molar-refractivity contribution in [2.24, 2.45) is 5.92 Å². The first-order valence-electron chi connectivity index (χ1n) is 9.67. The van der Waals surface area contributed by atoms with Gasteiger partial charge in [0.1, 0.15) is 6.04 Å². The summed E-state index contributed by atoms with van der Waals surface area (Å²) in [6, 6.07) is 3.14. The van der Waals surface area contributed by atoms with Gasteiger partial charge in [0.15, 0.2) is 5.11 Å². The highest BCUT2D eigenvalue weighted by Gasteiger charge is 2.35. The molecule has 2 rings (SSSR count). The highest BCUT2D eigenvalue weighted by atomic mass is 32.1. The number of carbonyl (C=O) groups is 2. The number of piperidine rings is 1. The molecule has 6 nitrogen and oxygen atoms in total. The molecule has 0 bridgehead atoms. The van der Waals surface area contributed by atoms with Gasteiger partial charge in [-0.3, -0.25) is 9.59 Å². The molecular weight excluding hydrogens is 380 g/mol. The molecule has 27 heavy (non-hydrogen) atoms. The van der Waals surface area contributed by atoms with Crippen LogP contribution in [0.5, 0.6) is 0 Å². The van der Waals surface area contributed by atoms with Crippen molar-refractivity contribution in [1.29, 1.82) is 0 Å². The molecule has 2 N–H and O–H groups in total. The number of hydrogen-bond acceptors (Lipinski definition) is 4. The highest BCUT2D eigenvalue weighted by molar-refractivity contribution is 7.80. The first kappa shape index (κ1) is 21.6. The van der Waals surface area contributed by atoms with E-state index >= 15 is 0 Å². The number of likely N-dealkylation sites (N-methyl/N-ethyl adjacent to an activating group) is 1. The number of hydrogen-bond donors (Lipinski definition) is 2. The van der Waals surface area contributed by atoms with E-state index in [1.165, 1.54) is 11.3 Å². The van der Waals surface area contributed by atoms with Crippen molar-refractivity contribution >= 4 is 40.5 Å². The van der Waals surface area contributed by atoms with Crippen molar-refractivity contribution in [2.45, 2.75) is 39.7 Å². The van der Waals surface area contributed by atoms with E-state index in [0.29, 0.717) is 18.0 Å². The number of likely N-dealkylation sites (tertiary alicyclic amines) is 1. The van der Waals surface area contributed by atoms with Crippen LogP contribution in [0.3, 0.4) is 0 Å². The van der Waals surface area contributed by atoms with Crippen LogP contribution in [0, 0.1) is 5.92 Å². The maximum Gasteiger partial charge on any atom is 0.262 e. The molecule has 1 aromatic heterocycles. The molecule has 1 aliphatic heterocycles. The minimum atomic E-state index is -0.491. The Morgan fingerprint density at radius 2 is 1.96 bits per heavy atom. The van der Waals surface area contributed by atoms with E-state index in [1.54, 1.807) is 11.0 Å². The number of nitrogens with one attached hydrogen (secondary N) is 2. The third-order valence-electron chi connectivity index (χ3n) is 5.00. The molecule has 1 saturated heterocycles. The van der Waals surface area contributed by atoms with Gasteiger partial charge in [0.25, 0.3) is 5.91 Å². The van der Waals surface area contributed by atoms with E-state index in [-0.39, 0.29) is 17.7 Å². The number of carbonyl (C=O) groups excluding carboxylic acids is 2. The molecule has 0 aromatic carbocycles. The zero-order valence-corrected chi connectivity index (χ0v) is 18.0. The summed E-state index contributed by atoms with van der Waals surface area (Å²) in [6.07, 6.45) is 1.65. The summed E-state index contributed by atoms with van der Waals surface area (Å²) in [5.41, 5.74) is 0. The van der Waals surface area contributed by atoms with Crippen LogP contribution in [0.4, 0.5) is 0 Å². The van der Waals surface area contributed by atoms with Crippen LogP contribution in [-0.4, -0.2) is 65.5 Å². The van der Waals surface area contributed by atoms with Crippen LogP contribution in [-0.2, 0) is 4.79 Å². The lowest BCUT2D eigenvalue weighted by molar-refractivity contribution is -0.134. The topological polar surface area (TPSA) is 64.7 Å². The van der Waals surface area contributed by atoms with Gasteiger partial charge in [-0.25, -0.2) is 0 Å². The van der Waals surface area contributed by atoms with E-state index in [2.05, 4.69) is 15.5 Å². The second-order valence-electron chi connectivity index (χ2n) is 6.60. The molecule has 1 aromatic rings. The Morgan fingerprint density at radius 1 is 1.30 bits per heavy atom. The zero-order chi connectivity index (χ0) is 19.8. The normalized spacial score (nSPS) is 15.9. The van der Waals surface area contributed by atoms with E-state index in [1.807, 2.05) is 32.2 Å². The lowest BCUT2D eigenvalue weighted by Gasteiger charge is -2.38. The van der Waals surface area contributed by atoms with Crippen LogP contribution in [0.1, 0.15) is 43.3 Å². The van der Waals surface area contributed by atoms with E-state index < -0.39 is 6.04 Å². The number of amides is 2. The van der Waals surface area contributed by atoms with Gasteiger partial charge < -0.3 is 20.4 Å². The van der Waals surface area contributed by atoms with Gasteiger partial charge in [-0.1, -0.05) is 6.07 Å². The Labute approximate surface area is 171 Å². The second-order valence-corrected chi connectivity index (χ2v) is 7.93. The van der Waals surface area contributed by atoms with E-state index in [4.69, 9.17) is 12.2 Å². The van der Waals surface area contributed by atoms with Gasteiger partial charge in [-0.2, -0.15) is 0 Å². The summed E-state index contributed by atoms with van der Waals surface area (Å²) in [7, 11) is 0. The Bertz CT molecular complexity index is 624. The molecular formula is C19H30N4O2S2. The quantitative estimate of drug-likeness (QED) is 0.676. The SMILES string of the molecule is CCNC(=S)N1CCC([C@@H](NC(=O)c2cccs2)C(=O)N(CC)CC)CC1. The van der Waals surface area contributed by atoms with Gasteiger partial charge in [0.2, 0.25) is 5.91 Å². The molecule has 0 spiro atoms. The fourth-order valence-electron chi connectivity index (χ4n) is 3.43. The smallest absolute Gasteiger partial charge is 0.262 e.